The summed E-state index contributed by atoms with van der Waals surface area (Å²) in [6.45, 7) is 0. The van der Waals surface area contributed by atoms with Crippen LogP contribution in [0, 0.1) is 3.57 Å². The van der Waals surface area contributed by atoms with Gasteiger partial charge in [0.05, 0.1) is 0 Å². The molecule has 1 aromatic carbocycles. The number of halogens is 1. The lowest BCUT2D eigenvalue weighted by molar-refractivity contribution is 1.72. The molecule has 0 aromatic heterocycles. The molecule has 0 saturated heterocycles. The SMILES string of the molecule is Pc1ccccc1I. The first-order chi connectivity index (χ1) is 3.80. The Bertz CT molecular complexity index is 165. The molecule has 0 amide bonds. The van der Waals surface area contributed by atoms with Gasteiger partial charge in [-0.3, -0.25) is 0 Å². The Labute approximate surface area is 65.0 Å². The lowest BCUT2D eigenvalue weighted by Crippen LogP contribution is -1.92. The first kappa shape index (κ1) is 6.50. The second-order valence-electron chi connectivity index (χ2n) is 1.52. The molecule has 0 saturated carbocycles. The van der Waals surface area contributed by atoms with Crippen molar-refractivity contribution in [2.24, 2.45) is 0 Å². The zero-order valence-corrected chi connectivity index (χ0v) is 7.58. The summed E-state index contributed by atoms with van der Waals surface area (Å²) in [7, 11) is 2.68. The molecule has 2 heteroatoms. The smallest absolute Gasteiger partial charge is 0.0201 e. The molecule has 1 atom stereocenters. The van der Waals surface area contributed by atoms with Gasteiger partial charge in [-0.1, -0.05) is 18.2 Å². The number of rotatable bonds is 0. The van der Waals surface area contributed by atoms with Gasteiger partial charge in [0.2, 0.25) is 0 Å². The van der Waals surface area contributed by atoms with Crippen LogP contribution in [-0.4, -0.2) is 0 Å². The van der Waals surface area contributed by atoms with E-state index in [0.29, 0.717) is 0 Å². The molecular formula is C6H6IP. The summed E-state index contributed by atoms with van der Waals surface area (Å²) < 4.78 is 1.30. The highest BCUT2D eigenvalue weighted by atomic mass is 127. The van der Waals surface area contributed by atoms with E-state index >= 15 is 0 Å². The van der Waals surface area contributed by atoms with E-state index in [9.17, 15) is 0 Å². The molecule has 0 heterocycles. The predicted octanol–water partition coefficient (Wildman–Crippen LogP) is 1.79. The number of benzene rings is 1. The van der Waals surface area contributed by atoms with Gasteiger partial charge >= 0.3 is 0 Å². The zero-order chi connectivity index (χ0) is 5.98. The van der Waals surface area contributed by atoms with Gasteiger partial charge in [0, 0.05) is 3.57 Å². The highest BCUT2D eigenvalue weighted by molar-refractivity contribution is 14.1. The first-order valence-corrected chi connectivity index (χ1v) is 3.96. The molecule has 8 heavy (non-hydrogen) atoms. The van der Waals surface area contributed by atoms with Gasteiger partial charge in [0.25, 0.3) is 0 Å². The van der Waals surface area contributed by atoms with Crippen LogP contribution in [0.3, 0.4) is 0 Å². The van der Waals surface area contributed by atoms with Crippen LogP contribution >= 0.6 is 31.8 Å². The Morgan fingerprint density at radius 1 is 1.25 bits per heavy atom. The third-order valence-corrected chi connectivity index (χ3v) is 2.98. The third-order valence-electron chi connectivity index (χ3n) is 0.905. The largest absolute Gasteiger partial charge is 0.104 e. The van der Waals surface area contributed by atoms with Crippen LogP contribution in [0.5, 0.6) is 0 Å². The second kappa shape index (κ2) is 2.79. The average Bonchev–Trinajstić information content (AvgIpc) is 1.77. The summed E-state index contributed by atoms with van der Waals surface area (Å²) in [5.74, 6) is 0. The van der Waals surface area contributed by atoms with Crippen molar-refractivity contribution < 1.29 is 0 Å². The van der Waals surface area contributed by atoms with Crippen LogP contribution in [0.4, 0.5) is 0 Å². The van der Waals surface area contributed by atoms with Gasteiger partial charge in [-0.05, 0) is 34.0 Å². The molecule has 0 aliphatic rings. The van der Waals surface area contributed by atoms with Gasteiger partial charge in [-0.2, -0.15) is 0 Å². The zero-order valence-electron chi connectivity index (χ0n) is 4.26. The van der Waals surface area contributed by atoms with E-state index in [4.69, 9.17) is 0 Å². The van der Waals surface area contributed by atoms with Gasteiger partial charge in [0.15, 0.2) is 0 Å². The minimum absolute atomic E-state index is 1.27. The van der Waals surface area contributed by atoms with Gasteiger partial charge < -0.3 is 0 Å². The molecule has 1 rings (SSSR count). The minimum atomic E-state index is 1.27. The molecule has 0 fully saturated rings. The van der Waals surface area contributed by atoms with Crippen LogP contribution in [0.2, 0.25) is 0 Å². The van der Waals surface area contributed by atoms with Crippen molar-refractivity contribution in [2.75, 3.05) is 0 Å². The van der Waals surface area contributed by atoms with Crippen molar-refractivity contribution in [3.05, 3.63) is 27.8 Å². The Morgan fingerprint density at radius 2 is 1.88 bits per heavy atom. The van der Waals surface area contributed by atoms with Crippen LogP contribution in [0.25, 0.3) is 0 Å². The van der Waals surface area contributed by atoms with Crippen molar-refractivity contribution >= 4 is 37.1 Å². The lowest BCUT2D eigenvalue weighted by Gasteiger charge is -1.91. The number of hydrogen-bond acceptors (Lipinski definition) is 0. The second-order valence-corrected chi connectivity index (χ2v) is 3.31. The molecule has 0 radical (unpaired) electrons. The molecule has 0 N–H and O–H groups in total. The highest BCUT2D eigenvalue weighted by Gasteiger charge is 1.86. The Balaban J connectivity index is 3.13. The van der Waals surface area contributed by atoms with E-state index in [1.807, 2.05) is 12.1 Å². The van der Waals surface area contributed by atoms with E-state index in [1.165, 1.54) is 8.87 Å². The molecule has 42 valence electrons. The summed E-state index contributed by atoms with van der Waals surface area (Å²) >= 11 is 2.30. The standard InChI is InChI=1S/C6H6IP/c7-5-3-1-2-4-6(5)8/h1-4H,8H2. The van der Waals surface area contributed by atoms with E-state index in [2.05, 4.69) is 44.0 Å². The number of hydrogen-bond donors (Lipinski definition) is 0. The van der Waals surface area contributed by atoms with E-state index in [0.717, 1.165) is 0 Å². The summed E-state index contributed by atoms with van der Waals surface area (Å²) in [6, 6.07) is 8.23. The normalized spacial score (nSPS) is 9.25. The molecule has 1 unspecified atom stereocenters. The molecule has 0 bridgehead atoms. The van der Waals surface area contributed by atoms with Gasteiger partial charge in [-0.25, -0.2) is 0 Å². The van der Waals surface area contributed by atoms with Crippen molar-refractivity contribution in [3.63, 3.8) is 0 Å². The maximum Gasteiger partial charge on any atom is 0.0201 e. The molecule has 0 nitrogen and oxygen atoms in total. The summed E-state index contributed by atoms with van der Waals surface area (Å²) in [6.07, 6.45) is 0. The maximum atomic E-state index is 2.68. The van der Waals surface area contributed by atoms with Crippen molar-refractivity contribution in [1.82, 2.24) is 0 Å². The van der Waals surface area contributed by atoms with E-state index < -0.39 is 0 Å². The predicted molar refractivity (Wildman–Crippen MR) is 48.5 cm³/mol. The maximum absolute atomic E-state index is 2.68. The molecular weight excluding hydrogens is 230 g/mol. The molecule has 0 aliphatic carbocycles. The van der Waals surface area contributed by atoms with Crippen LogP contribution in [0.15, 0.2) is 24.3 Å². The van der Waals surface area contributed by atoms with E-state index in [-0.39, 0.29) is 0 Å². The fourth-order valence-corrected chi connectivity index (χ4v) is 1.07. The Morgan fingerprint density at radius 3 is 2.25 bits per heavy atom. The summed E-state index contributed by atoms with van der Waals surface area (Å²) in [5, 5.41) is 1.27. The van der Waals surface area contributed by atoms with Crippen LogP contribution < -0.4 is 5.30 Å². The van der Waals surface area contributed by atoms with E-state index in [1.54, 1.807) is 0 Å². The first-order valence-electron chi connectivity index (χ1n) is 2.31. The monoisotopic (exact) mass is 236 g/mol. The fraction of sp³-hybridized carbons (Fsp3) is 0. The minimum Gasteiger partial charge on any atom is -0.104 e. The molecule has 0 aliphatic heterocycles. The quantitative estimate of drug-likeness (QED) is 0.475. The summed E-state index contributed by atoms with van der Waals surface area (Å²) in [5.41, 5.74) is 0. The molecule has 0 spiro atoms. The van der Waals surface area contributed by atoms with Crippen LogP contribution in [0.1, 0.15) is 0 Å². The van der Waals surface area contributed by atoms with Gasteiger partial charge in [0.1, 0.15) is 0 Å². The van der Waals surface area contributed by atoms with Crippen molar-refractivity contribution in [1.29, 1.82) is 0 Å². The highest BCUT2D eigenvalue weighted by Crippen LogP contribution is 2.02. The third kappa shape index (κ3) is 1.43. The fourth-order valence-electron chi connectivity index (χ4n) is 0.475. The van der Waals surface area contributed by atoms with Crippen molar-refractivity contribution in [3.8, 4) is 0 Å². The van der Waals surface area contributed by atoms with Crippen LogP contribution in [-0.2, 0) is 0 Å². The molecule has 1 aromatic rings. The summed E-state index contributed by atoms with van der Waals surface area (Å²) in [4.78, 5) is 0. The Kier molecular flexibility index (Phi) is 2.27. The average molecular weight is 236 g/mol. The topological polar surface area (TPSA) is 0 Å². The van der Waals surface area contributed by atoms with Crippen molar-refractivity contribution in [2.45, 2.75) is 0 Å². The Hall–Kier alpha value is 0.380. The lowest BCUT2D eigenvalue weighted by atomic mass is 10.4. The van der Waals surface area contributed by atoms with Gasteiger partial charge in [-0.15, -0.1) is 9.24 Å².